The standard InChI is InChI=1S/C20H26N2O2S/c1-4-16-10-12-19(13-11-16)25(23,24)22-14-6-9-20(22)17-7-5-8-18(15-17)21(2)3/h5,7-8,10-13,15,20H,4,6,9,14H2,1-3H3. The van der Waals surface area contributed by atoms with E-state index in [2.05, 4.69) is 13.0 Å². The summed E-state index contributed by atoms with van der Waals surface area (Å²) >= 11 is 0. The number of benzene rings is 2. The second-order valence-corrected chi connectivity index (χ2v) is 8.65. The van der Waals surface area contributed by atoms with Crippen molar-refractivity contribution < 1.29 is 8.42 Å². The molecule has 2 aromatic rings. The minimum atomic E-state index is -3.47. The monoisotopic (exact) mass is 358 g/mol. The Morgan fingerprint density at radius 3 is 2.48 bits per heavy atom. The first kappa shape index (κ1) is 18.0. The van der Waals surface area contributed by atoms with Crippen molar-refractivity contribution in [1.29, 1.82) is 0 Å². The van der Waals surface area contributed by atoms with Crippen molar-refractivity contribution in [2.45, 2.75) is 37.1 Å². The predicted octanol–water partition coefficient (Wildman–Crippen LogP) is 3.84. The maximum Gasteiger partial charge on any atom is 0.243 e. The van der Waals surface area contributed by atoms with Crippen molar-refractivity contribution >= 4 is 15.7 Å². The van der Waals surface area contributed by atoms with Crippen LogP contribution in [0.2, 0.25) is 0 Å². The third-order valence-electron chi connectivity index (χ3n) is 4.91. The Labute approximate surface area is 151 Å². The number of hydrogen-bond acceptors (Lipinski definition) is 3. The molecule has 1 heterocycles. The Balaban J connectivity index is 1.93. The fourth-order valence-electron chi connectivity index (χ4n) is 3.40. The number of anilines is 1. The van der Waals surface area contributed by atoms with Crippen LogP contribution in [0.3, 0.4) is 0 Å². The molecule has 3 rings (SSSR count). The van der Waals surface area contributed by atoms with E-state index in [4.69, 9.17) is 0 Å². The van der Waals surface area contributed by atoms with Gasteiger partial charge in [-0.2, -0.15) is 4.31 Å². The van der Waals surface area contributed by atoms with Crippen LogP contribution in [-0.4, -0.2) is 33.4 Å². The highest BCUT2D eigenvalue weighted by Crippen LogP contribution is 2.37. The molecule has 1 saturated heterocycles. The number of nitrogens with zero attached hydrogens (tertiary/aromatic N) is 2. The summed E-state index contributed by atoms with van der Waals surface area (Å²) in [5, 5.41) is 0. The number of sulfonamides is 1. The second-order valence-electron chi connectivity index (χ2n) is 6.76. The van der Waals surface area contributed by atoms with E-state index >= 15 is 0 Å². The van der Waals surface area contributed by atoms with Gasteiger partial charge in [0.1, 0.15) is 0 Å². The largest absolute Gasteiger partial charge is 0.378 e. The zero-order chi connectivity index (χ0) is 18.0. The highest BCUT2D eigenvalue weighted by Gasteiger charge is 2.36. The molecule has 0 bridgehead atoms. The van der Waals surface area contributed by atoms with Gasteiger partial charge in [-0.15, -0.1) is 0 Å². The van der Waals surface area contributed by atoms with Crippen molar-refractivity contribution in [3.8, 4) is 0 Å². The molecule has 1 aliphatic heterocycles. The Kier molecular flexibility index (Phi) is 5.16. The Hall–Kier alpha value is -1.85. The maximum absolute atomic E-state index is 13.2. The minimum Gasteiger partial charge on any atom is -0.378 e. The summed E-state index contributed by atoms with van der Waals surface area (Å²) in [5.41, 5.74) is 3.31. The Morgan fingerprint density at radius 2 is 1.84 bits per heavy atom. The lowest BCUT2D eigenvalue weighted by atomic mass is 10.0. The zero-order valence-electron chi connectivity index (χ0n) is 15.1. The summed E-state index contributed by atoms with van der Waals surface area (Å²) in [4.78, 5) is 2.43. The number of hydrogen-bond donors (Lipinski definition) is 0. The first-order valence-corrected chi connectivity index (χ1v) is 10.3. The lowest BCUT2D eigenvalue weighted by Crippen LogP contribution is -2.30. The van der Waals surface area contributed by atoms with Crippen LogP contribution in [0.15, 0.2) is 53.4 Å². The third kappa shape index (κ3) is 3.58. The van der Waals surface area contributed by atoms with E-state index in [1.807, 2.05) is 49.3 Å². The van der Waals surface area contributed by atoms with E-state index in [0.717, 1.165) is 36.1 Å². The van der Waals surface area contributed by atoms with E-state index in [9.17, 15) is 8.42 Å². The molecule has 1 atom stereocenters. The average molecular weight is 359 g/mol. The van der Waals surface area contributed by atoms with Crippen LogP contribution in [-0.2, 0) is 16.4 Å². The van der Waals surface area contributed by atoms with Gasteiger partial charge in [0, 0.05) is 26.3 Å². The molecule has 25 heavy (non-hydrogen) atoms. The molecule has 1 fully saturated rings. The second kappa shape index (κ2) is 7.18. The van der Waals surface area contributed by atoms with Gasteiger partial charge in [-0.3, -0.25) is 0 Å². The normalized spacial score (nSPS) is 18.4. The van der Waals surface area contributed by atoms with Gasteiger partial charge in [-0.25, -0.2) is 8.42 Å². The third-order valence-corrected chi connectivity index (χ3v) is 6.84. The summed E-state index contributed by atoms with van der Waals surface area (Å²) in [7, 11) is 0.521. The molecular weight excluding hydrogens is 332 g/mol. The zero-order valence-corrected chi connectivity index (χ0v) is 16.0. The smallest absolute Gasteiger partial charge is 0.243 e. The summed E-state index contributed by atoms with van der Waals surface area (Å²) < 4.78 is 28.0. The topological polar surface area (TPSA) is 40.6 Å². The lowest BCUT2D eigenvalue weighted by Gasteiger charge is -2.25. The van der Waals surface area contributed by atoms with Crippen molar-refractivity contribution in [1.82, 2.24) is 4.31 Å². The van der Waals surface area contributed by atoms with Gasteiger partial charge in [0.15, 0.2) is 0 Å². The molecule has 134 valence electrons. The van der Waals surface area contributed by atoms with Crippen molar-refractivity contribution in [3.63, 3.8) is 0 Å². The quantitative estimate of drug-likeness (QED) is 0.815. The van der Waals surface area contributed by atoms with Gasteiger partial charge in [-0.05, 0) is 54.7 Å². The van der Waals surface area contributed by atoms with Crippen LogP contribution < -0.4 is 4.90 Å². The van der Waals surface area contributed by atoms with Crippen LogP contribution >= 0.6 is 0 Å². The maximum atomic E-state index is 13.2. The van der Waals surface area contributed by atoms with Crippen LogP contribution in [0.1, 0.15) is 36.9 Å². The van der Waals surface area contributed by atoms with Crippen molar-refractivity contribution in [3.05, 3.63) is 59.7 Å². The molecule has 0 spiro atoms. The molecule has 2 aromatic carbocycles. The minimum absolute atomic E-state index is 0.0873. The first-order valence-electron chi connectivity index (χ1n) is 8.81. The molecule has 1 aliphatic rings. The summed E-state index contributed by atoms with van der Waals surface area (Å²) in [6.07, 6.45) is 2.66. The Bertz CT molecular complexity index is 829. The Morgan fingerprint density at radius 1 is 1.12 bits per heavy atom. The van der Waals surface area contributed by atoms with Gasteiger partial charge in [0.2, 0.25) is 10.0 Å². The fourth-order valence-corrected chi connectivity index (χ4v) is 5.09. The highest BCUT2D eigenvalue weighted by molar-refractivity contribution is 7.89. The summed E-state index contributed by atoms with van der Waals surface area (Å²) in [6.45, 7) is 2.65. The van der Waals surface area contributed by atoms with E-state index in [1.54, 1.807) is 16.4 Å². The van der Waals surface area contributed by atoms with Crippen LogP contribution in [0.5, 0.6) is 0 Å². The first-order chi connectivity index (χ1) is 11.9. The fraction of sp³-hybridized carbons (Fsp3) is 0.400. The molecule has 4 nitrogen and oxygen atoms in total. The molecule has 0 N–H and O–H groups in total. The highest BCUT2D eigenvalue weighted by atomic mass is 32.2. The SMILES string of the molecule is CCc1ccc(S(=O)(=O)N2CCCC2c2cccc(N(C)C)c2)cc1. The summed E-state index contributed by atoms with van der Waals surface area (Å²) in [5.74, 6) is 0. The molecule has 0 aromatic heterocycles. The molecule has 1 unspecified atom stereocenters. The van der Waals surface area contributed by atoms with Crippen LogP contribution in [0.4, 0.5) is 5.69 Å². The average Bonchev–Trinajstić information content (AvgIpc) is 3.12. The van der Waals surface area contributed by atoms with Gasteiger partial charge < -0.3 is 4.90 Å². The molecular formula is C20H26N2O2S. The van der Waals surface area contributed by atoms with E-state index < -0.39 is 10.0 Å². The number of aryl methyl sites for hydroxylation is 1. The van der Waals surface area contributed by atoms with Gasteiger partial charge in [0.05, 0.1) is 10.9 Å². The predicted molar refractivity (Wildman–Crippen MR) is 102 cm³/mol. The van der Waals surface area contributed by atoms with Crippen molar-refractivity contribution in [2.24, 2.45) is 0 Å². The lowest BCUT2D eigenvalue weighted by molar-refractivity contribution is 0.396. The van der Waals surface area contributed by atoms with Gasteiger partial charge >= 0.3 is 0 Å². The van der Waals surface area contributed by atoms with Gasteiger partial charge in [-0.1, -0.05) is 31.2 Å². The summed E-state index contributed by atoms with van der Waals surface area (Å²) in [6, 6.07) is 15.4. The molecule has 5 heteroatoms. The molecule has 0 saturated carbocycles. The van der Waals surface area contributed by atoms with E-state index in [-0.39, 0.29) is 6.04 Å². The number of rotatable bonds is 5. The van der Waals surface area contributed by atoms with Crippen LogP contribution in [0, 0.1) is 0 Å². The van der Waals surface area contributed by atoms with Gasteiger partial charge in [0.25, 0.3) is 0 Å². The molecule has 0 aliphatic carbocycles. The van der Waals surface area contributed by atoms with Crippen LogP contribution in [0.25, 0.3) is 0 Å². The molecule has 0 amide bonds. The van der Waals surface area contributed by atoms with Crippen molar-refractivity contribution in [2.75, 3.05) is 25.5 Å². The van der Waals surface area contributed by atoms with E-state index in [1.165, 1.54) is 0 Å². The molecule has 0 radical (unpaired) electrons. The van der Waals surface area contributed by atoms with E-state index in [0.29, 0.717) is 11.4 Å².